The van der Waals surface area contributed by atoms with Gasteiger partial charge in [-0.2, -0.15) is 0 Å². The molecule has 0 N–H and O–H groups in total. The van der Waals surface area contributed by atoms with Crippen LogP contribution in [-0.4, -0.2) is 77.7 Å². The summed E-state index contributed by atoms with van der Waals surface area (Å²) in [7, 11) is -4.60. The van der Waals surface area contributed by atoms with Gasteiger partial charge in [-0.15, -0.1) is 11.3 Å². The molecule has 0 saturated carbocycles. The number of imidazole rings is 1. The molecule has 3 aromatic carbocycles. The molecule has 0 bridgehead atoms. The molecule has 4 atom stereocenters. The molecule has 1 aliphatic rings. The van der Waals surface area contributed by atoms with Gasteiger partial charge < -0.3 is 18.5 Å². The number of amides is 1. The molecule has 0 spiro atoms. The van der Waals surface area contributed by atoms with Gasteiger partial charge in [-0.05, 0) is 71.2 Å². The van der Waals surface area contributed by atoms with Crippen molar-refractivity contribution < 1.29 is 28.0 Å². The first-order valence-electron chi connectivity index (χ1n) is 23.8. The number of ketones is 1. The number of nitrogens with zero attached hydrogens (tertiary/aromatic N) is 4. The van der Waals surface area contributed by atoms with Crippen molar-refractivity contribution in [1.29, 1.82) is 0 Å². The summed E-state index contributed by atoms with van der Waals surface area (Å²) in [4.78, 5) is 59.4. The predicted molar refractivity (Wildman–Crippen MR) is 285 cm³/mol. The molecule has 1 aliphatic heterocycles. The summed E-state index contributed by atoms with van der Waals surface area (Å²) < 4.78 is 22.2. The third-order valence-corrected chi connectivity index (χ3v) is 29.2. The molecule has 3 aromatic heterocycles. The first kappa shape index (κ1) is 50.8. The van der Waals surface area contributed by atoms with Crippen LogP contribution < -0.4 is 15.9 Å². The van der Waals surface area contributed by atoms with Gasteiger partial charge in [0.05, 0.1) is 35.2 Å². The van der Waals surface area contributed by atoms with Crippen LogP contribution in [0.1, 0.15) is 70.8 Å². The molecule has 1 saturated heterocycles. The minimum atomic E-state index is -3.29. The summed E-state index contributed by atoms with van der Waals surface area (Å²) in [6.07, 6.45) is 6.23. The molecule has 10 nitrogen and oxygen atoms in total. The number of likely N-dealkylation sites (tertiary alicyclic amines) is 1. The lowest BCUT2D eigenvalue weighted by Crippen LogP contribution is -2.71. The highest BCUT2D eigenvalue weighted by molar-refractivity contribution is 7.96. The summed E-state index contributed by atoms with van der Waals surface area (Å²) >= 11 is 1.39. The molecule has 1 amide bonds. The quantitative estimate of drug-likeness (QED) is 0.0186. The summed E-state index contributed by atoms with van der Waals surface area (Å²) in [5.41, 5.74) is 2.50. The number of rotatable bonds is 20. The minimum absolute atomic E-state index is 0.0765. The second-order valence-electron chi connectivity index (χ2n) is 19.3. The van der Waals surface area contributed by atoms with E-state index < -0.39 is 53.5 Å². The van der Waals surface area contributed by atoms with Crippen molar-refractivity contribution in [2.24, 2.45) is 11.8 Å². The van der Waals surface area contributed by atoms with E-state index in [1.807, 2.05) is 121 Å². The fourth-order valence-electron chi connectivity index (χ4n) is 9.43. The summed E-state index contributed by atoms with van der Waals surface area (Å²) in [6, 6.07) is 35.7. The van der Waals surface area contributed by atoms with E-state index >= 15 is 14.4 Å². The Morgan fingerprint density at radius 2 is 1.43 bits per heavy atom. The van der Waals surface area contributed by atoms with Crippen LogP contribution in [0.5, 0.6) is 0 Å². The van der Waals surface area contributed by atoms with Gasteiger partial charge >= 0.3 is 5.97 Å². The van der Waals surface area contributed by atoms with E-state index in [4.69, 9.17) is 18.6 Å². The largest absolute Gasteiger partial charge is 0.457 e. The number of fused-ring (bicyclic) bond motifs is 1. The number of β-lactam (4-membered cyclic amide) rings is 1. The molecule has 0 radical (unpaired) electrons. The number of aromatic nitrogens is 3. The predicted octanol–water partition coefficient (Wildman–Crippen LogP) is 10.9. The number of hydrogen-bond donors (Lipinski definition) is 0. The Balaban J connectivity index is 1.51. The van der Waals surface area contributed by atoms with Crippen molar-refractivity contribution in [2.45, 2.75) is 110 Å². The van der Waals surface area contributed by atoms with Gasteiger partial charge in [-0.1, -0.05) is 152 Å². The van der Waals surface area contributed by atoms with Crippen LogP contribution in [0.25, 0.3) is 16.1 Å². The van der Waals surface area contributed by atoms with Gasteiger partial charge in [-0.25, -0.2) is 9.78 Å². The van der Waals surface area contributed by atoms with Gasteiger partial charge in [0.15, 0.2) is 22.4 Å². The SMILES string of the molecule is C=CCOC(=O)C(N1C(=O)[C@H]([C@@H](C)O[Si](C)(C)C(C)(C)C)[C@H]1[C@@H](C)C(=O)c1sc2c(-c3cccnc3)ncn2c1CO[Si](CC)(CC)CC)=P(c1ccccc1)(c1ccccc1)c1ccccc1. The van der Waals surface area contributed by atoms with Crippen LogP contribution in [0.15, 0.2) is 135 Å². The molecule has 0 unspecified atom stereocenters. The Morgan fingerprint density at radius 3 is 1.91 bits per heavy atom. The monoisotopic (exact) mass is 986 g/mol. The highest BCUT2D eigenvalue weighted by Gasteiger charge is 2.59. The van der Waals surface area contributed by atoms with Gasteiger partial charge in [-0.3, -0.25) is 19.0 Å². The first-order chi connectivity index (χ1) is 32.5. The van der Waals surface area contributed by atoms with Gasteiger partial charge in [0.25, 0.3) is 0 Å². The van der Waals surface area contributed by atoms with Gasteiger partial charge in [0.2, 0.25) is 5.91 Å². The number of pyridine rings is 1. The number of thiazole rings is 1. The van der Waals surface area contributed by atoms with Crippen LogP contribution >= 0.6 is 18.2 Å². The Hall–Kier alpha value is -5.02. The van der Waals surface area contributed by atoms with Crippen molar-refractivity contribution in [3.05, 3.63) is 145 Å². The van der Waals surface area contributed by atoms with Crippen LogP contribution in [-0.2, 0) is 29.8 Å². The number of hydrogen-bond acceptors (Lipinski definition) is 9. The van der Waals surface area contributed by atoms with Crippen molar-refractivity contribution in [3.8, 4) is 11.3 Å². The zero-order chi connectivity index (χ0) is 49.0. The molecule has 6 aromatic rings. The van der Waals surface area contributed by atoms with E-state index in [2.05, 4.69) is 66.2 Å². The molecule has 68 heavy (non-hydrogen) atoms. The number of carbonyl (C=O) groups excluding carboxylic acids is 3. The van der Waals surface area contributed by atoms with Crippen LogP contribution in [0.4, 0.5) is 0 Å². The Bertz CT molecular complexity index is 2680. The summed E-state index contributed by atoms with van der Waals surface area (Å²) in [5.74, 6) is -2.67. The second kappa shape index (κ2) is 20.9. The normalized spacial score (nSPS) is 16.6. The maximum Gasteiger partial charge on any atom is 0.356 e. The van der Waals surface area contributed by atoms with Crippen molar-refractivity contribution in [2.75, 3.05) is 6.61 Å². The lowest BCUT2D eigenvalue weighted by atomic mass is 9.74. The Morgan fingerprint density at radius 1 is 0.868 bits per heavy atom. The average molecular weight is 987 g/mol. The second-order valence-corrected chi connectivity index (χ2v) is 33.1. The fraction of sp³-hybridized carbons (Fsp3) is 0.370. The number of esters is 1. The number of carbonyl (C=O) groups is 3. The maximum atomic E-state index is 16.0. The van der Waals surface area contributed by atoms with Crippen LogP contribution in [0.3, 0.4) is 0 Å². The zero-order valence-corrected chi connectivity index (χ0v) is 45.0. The molecule has 358 valence electrons. The molecule has 4 heterocycles. The van der Waals surface area contributed by atoms with E-state index in [9.17, 15) is 0 Å². The fourth-order valence-corrected chi connectivity index (χ4v) is 19.1. The summed E-state index contributed by atoms with van der Waals surface area (Å²) in [6.45, 7) is 22.1. The van der Waals surface area contributed by atoms with E-state index in [1.54, 1.807) is 23.6 Å². The third-order valence-electron chi connectivity index (χ3n) is 14.5. The average Bonchev–Trinajstić information content (AvgIpc) is 3.93. The smallest absolute Gasteiger partial charge is 0.356 e. The standard InChI is InChI=1S/C54H67N4O6PSSi2/c1-12-34-62-53(61)51(65(41-27-19-16-20-28-41,42-29-21-17-22-30-42)43-31-23-18-24-32-43)58-47(45(50(58)60)39(6)64-67(10,11)54(7,8)9)38(5)48(59)49-44(36-63-68(13-2,14-3)15-4)57-37-56-46(52(57)66-49)40-26-25-33-55-35-40/h12,16-33,35,37-39,45,47H,1,13-15,34,36H2,2-11H3/t38-,39-,45-,47-/m1/s1. The maximum absolute atomic E-state index is 16.0. The number of Topliss-reactive ketones (excluding diaryl/α,β-unsaturated/α-hetero) is 1. The topological polar surface area (TPSA) is 112 Å². The van der Waals surface area contributed by atoms with E-state index in [0.29, 0.717) is 4.88 Å². The molecule has 1 fully saturated rings. The third kappa shape index (κ3) is 9.38. The van der Waals surface area contributed by atoms with Gasteiger partial charge in [0, 0.05) is 30.8 Å². The molecule has 14 heteroatoms. The summed E-state index contributed by atoms with van der Waals surface area (Å²) in [5, 5.41) is 2.43. The van der Waals surface area contributed by atoms with Crippen molar-refractivity contribution in [1.82, 2.24) is 19.3 Å². The molecule has 0 aliphatic carbocycles. The highest BCUT2D eigenvalue weighted by atomic mass is 32.1. The molecular weight excluding hydrogens is 920 g/mol. The number of ether oxygens (including phenoxy) is 1. The first-order valence-corrected chi connectivity index (χ1v) is 31.9. The van der Waals surface area contributed by atoms with Crippen LogP contribution in [0.2, 0.25) is 36.3 Å². The van der Waals surface area contributed by atoms with E-state index in [0.717, 1.165) is 55.8 Å². The molecule has 7 rings (SSSR count). The van der Waals surface area contributed by atoms with E-state index in [1.165, 1.54) is 17.4 Å². The van der Waals surface area contributed by atoms with Crippen molar-refractivity contribution in [3.63, 3.8) is 0 Å². The minimum Gasteiger partial charge on any atom is -0.457 e. The highest BCUT2D eigenvalue weighted by Crippen LogP contribution is 2.52. The lowest BCUT2D eigenvalue weighted by Gasteiger charge is -2.54. The van der Waals surface area contributed by atoms with Crippen LogP contribution in [0, 0.1) is 11.8 Å². The Kier molecular flexibility index (Phi) is 15.6. The zero-order valence-electron chi connectivity index (χ0n) is 41.3. The van der Waals surface area contributed by atoms with Gasteiger partial charge in [0.1, 0.15) is 28.9 Å². The number of benzene rings is 3. The lowest BCUT2D eigenvalue weighted by molar-refractivity contribution is -0.158. The Labute approximate surface area is 409 Å². The van der Waals surface area contributed by atoms with Crippen molar-refractivity contribution >= 4 is 78.7 Å². The molecular formula is C54H67N4O6PSSi2. The van der Waals surface area contributed by atoms with E-state index in [-0.39, 0.29) is 35.4 Å².